The molecule has 24 heavy (non-hydrogen) atoms. The number of methoxy groups -OCH3 is 1. The Hall–Kier alpha value is -1.85. The Morgan fingerprint density at radius 2 is 2.08 bits per heavy atom. The number of carbonyl (C=O) groups is 1. The second-order valence-corrected chi connectivity index (χ2v) is 6.87. The molecule has 0 aliphatic heterocycles. The molecule has 4 nitrogen and oxygen atoms in total. The van der Waals surface area contributed by atoms with Gasteiger partial charge in [-0.25, -0.2) is 0 Å². The molecule has 0 fully saturated rings. The van der Waals surface area contributed by atoms with Gasteiger partial charge in [0, 0.05) is 6.54 Å². The van der Waals surface area contributed by atoms with Crippen molar-refractivity contribution in [3.05, 3.63) is 67.2 Å². The zero-order valence-electron chi connectivity index (χ0n) is 12.8. The SMILES string of the molecule is COc1c(Br)cc(/C=C(/C#N)C(=O)NCc2ccccc2)cc1I. The summed E-state index contributed by atoms with van der Waals surface area (Å²) < 4.78 is 6.93. The van der Waals surface area contributed by atoms with Crippen LogP contribution >= 0.6 is 38.5 Å². The van der Waals surface area contributed by atoms with Crippen molar-refractivity contribution >= 4 is 50.5 Å². The Labute approximate surface area is 162 Å². The Morgan fingerprint density at radius 3 is 2.67 bits per heavy atom. The highest BCUT2D eigenvalue weighted by Crippen LogP contribution is 2.32. The minimum absolute atomic E-state index is 0.0544. The first-order valence-electron chi connectivity index (χ1n) is 7.02. The summed E-state index contributed by atoms with van der Waals surface area (Å²) in [6.07, 6.45) is 1.56. The van der Waals surface area contributed by atoms with Gasteiger partial charge in [-0.3, -0.25) is 4.79 Å². The molecule has 2 rings (SSSR count). The maximum absolute atomic E-state index is 12.2. The standard InChI is InChI=1S/C18H14BrIN2O2/c1-24-17-15(19)8-13(9-16(17)20)7-14(10-21)18(23)22-11-12-5-3-2-4-6-12/h2-9H,11H2,1H3,(H,22,23)/b14-7-. The zero-order chi connectivity index (χ0) is 17.5. The molecule has 0 bridgehead atoms. The summed E-state index contributed by atoms with van der Waals surface area (Å²) in [4.78, 5) is 12.2. The molecular formula is C18H14BrIN2O2. The smallest absolute Gasteiger partial charge is 0.262 e. The average Bonchev–Trinajstić information content (AvgIpc) is 2.58. The minimum atomic E-state index is -0.400. The second-order valence-electron chi connectivity index (χ2n) is 4.86. The highest BCUT2D eigenvalue weighted by molar-refractivity contribution is 14.1. The third-order valence-corrected chi connectivity index (χ3v) is 4.59. The zero-order valence-corrected chi connectivity index (χ0v) is 16.6. The molecular weight excluding hydrogens is 483 g/mol. The predicted octanol–water partition coefficient (Wildman–Crippen LogP) is 4.29. The van der Waals surface area contributed by atoms with E-state index in [0.29, 0.717) is 6.54 Å². The first kappa shape index (κ1) is 18.5. The molecule has 6 heteroatoms. The van der Waals surface area contributed by atoms with Crippen LogP contribution in [0.4, 0.5) is 0 Å². The minimum Gasteiger partial charge on any atom is -0.494 e. The van der Waals surface area contributed by atoms with Gasteiger partial charge in [0.15, 0.2) is 0 Å². The van der Waals surface area contributed by atoms with E-state index in [1.165, 1.54) is 0 Å². The van der Waals surface area contributed by atoms with E-state index < -0.39 is 5.91 Å². The topological polar surface area (TPSA) is 62.1 Å². The van der Waals surface area contributed by atoms with Gasteiger partial charge in [-0.1, -0.05) is 30.3 Å². The lowest BCUT2D eigenvalue weighted by atomic mass is 10.1. The number of nitrogens with one attached hydrogen (secondary N) is 1. The van der Waals surface area contributed by atoms with E-state index in [1.54, 1.807) is 13.2 Å². The molecule has 0 heterocycles. The molecule has 0 aromatic heterocycles. The van der Waals surface area contributed by atoms with Gasteiger partial charge in [0.05, 0.1) is 15.2 Å². The van der Waals surface area contributed by atoms with Crippen molar-refractivity contribution in [2.24, 2.45) is 0 Å². The Bertz CT molecular complexity index is 791. The molecule has 122 valence electrons. The van der Waals surface area contributed by atoms with E-state index in [-0.39, 0.29) is 5.57 Å². The number of nitrogens with zero attached hydrogens (tertiary/aromatic N) is 1. The normalized spacial score (nSPS) is 10.8. The fraction of sp³-hybridized carbons (Fsp3) is 0.111. The van der Waals surface area contributed by atoms with Gasteiger partial charge in [0.1, 0.15) is 17.4 Å². The fourth-order valence-corrected chi connectivity index (χ4v) is 3.93. The molecule has 0 saturated carbocycles. The van der Waals surface area contributed by atoms with Gasteiger partial charge in [0.2, 0.25) is 0 Å². The van der Waals surface area contributed by atoms with Gasteiger partial charge in [-0.2, -0.15) is 5.26 Å². The monoisotopic (exact) mass is 496 g/mol. The van der Waals surface area contributed by atoms with Crippen LogP contribution in [0.15, 0.2) is 52.5 Å². The molecule has 1 amide bonds. The summed E-state index contributed by atoms with van der Waals surface area (Å²) in [7, 11) is 1.59. The van der Waals surface area contributed by atoms with Crippen molar-refractivity contribution in [3.63, 3.8) is 0 Å². The summed E-state index contributed by atoms with van der Waals surface area (Å²) in [5.74, 6) is 0.322. The van der Waals surface area contributed by atoms with Gasteiger partial charge in [0.25, 0.3) is 5.91 Å². The molecule has 2 aromatic carbocycles. The number of carbonyl (C=O) groups excluding carboxylic acids is 1. The summed E-state index contributed by atoms with van der Waals surface area (Å²) in [5.41, 5.74) is 1.78. The van der Waals surface area contributed by atoms with Gasteiger partial charge >= 0.3 is 0 Å². The number of hydrogen-bond acceptors (Lipinski definition) is 3. The lowest BCUT2D eigenvalue weighted by Crippen LogP contribution is -2.23. The first-order chi connectivity index (χ1) is 11.5. The number of halogens is 2. The molecule has 0 unspecified atom stereocenters. The van der Waals surface area contributed by atoms with E-state index in [0.717, 1.165) is 24.9 Å². The van der Waals surface area contributed by atoms with E-state index in [4.69, 9.17) is 4.74 Å². The van der Waals surface area contributed by atoms with Crippen molar-refractivity contribution in [2.45, 2.75) is 6.54 Å². The summed E-state index contributed by atoms with van der Waals surface area (Å²) >= 11 is 5.57. The highest BCUT2D eigenvalue weighted by Gasteiger charge is 2.11. The lowest BCUT2D eigenvalue weighted by molar-refractivity contribution is -0.117. The van der Waals surface area contributed by atoms with Gasteiger partial charge in [-0.05, 0) is 67.9 Å². The molecule has 0 aliphatic carbocycles. The van der Waals surface area contributed by atoms with Crippen LogP contribution in [0.3, 0.4) is 0 Å². The van der Waals surface area contributed by atoms with E-state index >= 15 is 0 Å². The molecule has 0 radical (unpaired) electrons. The van der Waals surface area contributed by atoms with Crippen LogP contribution in [0.25, 0.3) is 6.08 Å². The third kappa shape index (κ3) is 4.82. The number of hydrogen-bond donors (Lipinski definition) is 1. The van der Waals surface area contributed by atoms with E-state index in [2.05, 4.69) is 43.8 Å². The van der Waals surface area contributed by atoms with Crippen LogP contribution in [0.1, 0.15) is 11.1 Å². The van der Waals surface area contributed by atoms with E-state index in [1.807, 2.05) is 48.5 Å². The number of nitriles is 1. The van der Waals surface area contributed by atoms with Crippen molar-refractivity contribution < 1.29 is 9.53 Å². The molecule has 0 spiro atoms. The molecule has 0 saturated heterocycles. The number of rotatable bonds is 5. The van der Waals surface area contributed by atoms with Crippen LogP contribution in [-0.4, -0.2) is 13.0 Å². The van der Waals surface area contributed by atoms with Crippen LogP contribution in [0, 0.1) is 14.9 Å². The molecule has 0 atom stereocenters. The van der Waals surface area contributed by atoms with Gasteiger partial charge in [-0.15, -0.1) is 0 Å². The molecule has 0 aliphatic rings. The highest BCUT2D eigenvalue weighted by atomic mass is 127. The first-order valence-corrected chi connectivity index (χ1v) is 8.89. The van der Waals surface area contributed by atoms with Crippen molar-refractivity contribution in [1.29, 1.82) is 5.26 Å². The van der Waals surface area contributed by atoms with Gasteiger partial charge < -0.3 is 10.1 Å². The molecule has 2 aromatic rings. The van der Waals surface area contributed by atoms with Crippen molar-refractivity contribution in [1.82, 2.24) is 5.32 Å². The molecule has 1 N–H and O–H groups in total. The van der Waals surface area contributed by atoms with E-state index in [9.17, 15) is 10.1 Å². The number of amides is 1. The number of benzene rings is 2. The summed E-state index contributed by atoms with van der Waals surface area (Å²) in [5, 5.41) is 12.0. The maximum atomic E-state index is 12.2. The fourth-order valence-electron chi connectivity index (χ4n) is 2.05. The largest absolute Gasteiger partial charge is 0.494 e. The maximum Gasteiger partial charge on any atom is 0.262 e. The third-order valence-electron chi connectivity index (χ3n) is 3.20. The van der Waals surface area contributed by atoms with Crippen molar-refractivity contribution in [3.8, 4) is 11.8 Å². The van der Waals surface area contributed by atoms with Crippen LogP contribution in [0.5, 0.6) is 5.75 Å². The lowest BCUT2D eigenvalue weighted by Gasteiger charge is -2.08. The Kier molecular flexibility index (Phi) is 6.82. The summed E-state index contributed by atoms with van der Waals surface area (Å²) in [6, 6.07) is 15.2. The predicted molar refractivity (Wildman–Crippen MR) is 105 cm³/mol. The number of ether oxygens (including phenoxy) is 1. The van der Waals surface area contributed by atoms with Crippen molar-refractivity contribution in [2.75, 3.05) is 7.11 Å². The van der Waals surface area contributed by atoms with Crippen LogP contribution < -0.4 is 10.1 Å². The Morgan fingerprint density at radius 1 is 1.38 bits per heavy atom. The quantitative estimate of drug-likeness (QED) is 0.381. The van der Waals surface area contributed by atoms with Crippen LogP contribution in [-0.2, 0) is 11.3 Å². The average molecular weight is 497 g/mol. The van der Waals surface area contributed by atoms with Crippen LogP contribution in [0.2, 0.25) is 0 Å². The summed E-state index contributed by atoms with van der Waals surface area (Å²) in [6.45, 7) is 0.378. The Balaban J connectivity index is 2.17. The second kappa shape index (κ2) is 8.85.